The van der Waals surface area contributed by atoms with Gasteiger partial charge in [-0.1, -0.05) is 31.5 Å². The first-order valence-electron chi connectivity index (χ1n) is 10.00. The highest BCUT2D eigenvalue weighted by Gasteiger charge is 2.45. The molecule has 6 heteroatoms. The maximum Gasteiger partial charge on any atom is 0.186 e. The minimum absolute atomic E-state index is 0.187. The number of H-pyrrole nitrogens is 1. The molecule has 27 heavy (non-hydrogen) atoms. The summed E-state index contributed by atoms with van der Waals surface area (Å²) in [5, 5.41) is 11.8. The first-order valence-corrected chi connectivity index (χ1v) is 10.00. The predicted molar refractivity (Wildman–Crippen MR) is 104 cm³/mol. The number of para-hydroxylation sites is 1. The SMILES string of the molecule is CCCCO[C@H]1[C@@H](CN2CCc3[nH]c4ccccc4c3C2)OC(OC)[C@@H]1O. The van der Waals surface area contributed by atoms with Gasteiger partial charge in [0, 0.05) is 56.4 Å². The number of aliphatic hydroxyl groups is 1. The first kappa shape index (κ1) is 18.9. The van der Waals surface area contributed by atoms with Gasteiger partial charge < -0.3 is 24.3 Å². The Balaban J connectivity index is 1.46. The van der Waals surface area contributed by atoms with E-state index in [1.54, 1.807) is 7.11 Å². The van der Waals surface area contributed by atoms with E-state index < -0.39 is 12.4 Å². The summed E-state index contributed by atoms with van der Waals surface area (Å²) in [6.07, 6.45) is 1.15. The lowest BCUT2D eigenvalue weighted by molar-refractivity contribution is -0.151. The molecule has 1 saturated heterocycles. The summed E-state index contributed by atoms with van der Waals surface area (Å²) in [6, 6.07) is 8.47. The monoisotopic (exact) mass is 374 g/mol. The number of unbranched alkanes of at least 4 members (excludes halogenated alkanes) is 1. The van der Waals surface area contributed by atoms with Crippen molar-refractivity contribution in [1.29, 1.82) is 0 Å². The molecule has 1 aromatic heterocycles. The second kappa shape index (κ2) is 8.29. The highest BCUT2D eigenvalue weighted by molar-refractivity contribution is 5.84. The Kier molecular flexibility index (Phi) is 5.80. The van der Waals surface area contributed by atoms with Crippen molar-refractivity contribution in [3.05, 3.63) is 35.5 Å². The van der Waals surface area contributed by atoms with Gasteiger partial charge in [0.15, 0.2) is 6.29 Å². The van der Waals surface area contributed by atoms with Gasteiger partial charge in [-0.3, -0.25) is 4.90 Å². The molecule has 0 bridgehead atoms. The van der Waals surface area contributed by atoms with E-state index in [0.29, 0.717) is 6.61 Å². The number of aromatic amines is 1. The second-order valence-electron chi connectivity index (χ2n) is 7.57. The highest BCUT2D eigenvalue weighted by Crippen LogP contribution is 2.30. The Hall–Kier alpha value is -1.44. The van der Waals surface area contributed by atoms with Crippen LogP contribution in [0, 0.1) is 0 Å². The van der Waals surface area contributed by atoms with Gasteiger partial charge in [0.05, 0.1) is 0 Å². The zero-order valence-corrected chi connectivity index (χ0v) is 16.2. The number of methoxy groups -OCH3 is 1. The molecule has 0 spiro atoms. The fourth-order valence-electron chi connectivity index (χ4n) is 4.25. The van der Waals surface area contributed by atoms with E-state index in [-0.39, 0.29) is 12.2 Å². The standard InChI is InChI=1S/C21H30N2O4/c1-3-4-11-26-20-18(27-21(25-2)19(20)24)13-23-10-9-17-15(12-23)14-7-5-6-8-16(14)22-17/h5-8,18-22,24H,3-4,9-13H2,1-2H3/t18-,19-,20+,21?/m1/s1. The molecule has 1 aromatic carbocycles. The average Bonchev–Trinajstić information content (AvgIpc) is 3.20. The van der Waals surface area contributed by atoms with Crippen molar-refractivity contribution in [1.82, 2.24) is 9.88 Å². The molecule has 2 aliphatic rings. The third-order valence-corrected chi connectivity index (χ3v) is 5.73. The van der Waals surface area contributed by atoms with Crippen LogP contribution < -0.4 is 0 Å². The summed E-state index contributed by atoms with van der Waals surface area (Å²) in [5.74, 6) is 0. The van der Waals surface area contributed by atoms with Crippen molar-refractivity contribution >= 4 is 10.9 Å². The van der Waals surface area contributed by atoms with E-state index in [2.05, 4.69) is 41.1 Å². The fraction of sp³-hybridized carbons (Fsp3) is 0.619. The minimum atomic E-state index is -0.745. The molecule has 2 N–H and O–H groups in total. The van der Waals surface area contributed by atoms with Crippen molar-refractivity contribution in [2.45, 2.75) is 57.3 Å². The molecule has 2 aromatic rings. The van der Waals surface area contributed by atoms with Gasteiger partial charge in [0.2, 0.25) is 0 Å². The van der Waals surface area contributed by atoms with E-state index in [0.717, 1.165) is 38.9 Å². The molecule has 148 valence electrons. The van der Waals surface area contributed by atoms with Crippen molar-refractivity contribution < 1.29 is 19.3 Å². The third kappa shape index (κ3) is 3.77. The van der Waals surface area contributed by atoms with Crippen molar-refractivity contribution in [2.75, 3.05) is 26.8 Å². The van der Waals surface area contributed by atoms with Crippen LogP contribution in [0.3, 0.4) is 0 Å². The van der Waals surface area contributed by atoms with E-state index in [4.69, 9.17) is 14.2 Å². The molecule has 6 nitrogen and oxygen atoms in total. The Morgan fingerprint density at radius 2 is 2.19 bits per heavy atom. The number of nitrogens with one attached hydrogen (secondary N) is 1. The number of benzene rings is 1. The zero-order chi connectivity index (χ0) is 18.8. The molecule has 2 aliphatic heterocycles. The number of hydrogen-bond acceptors (Lipinski definition) is 5. The van der Waals surface area contributed by atoms with Crippen LogP contribution in [0.1, 0.15) is 31.0 Å². The normalized spacial score (nSPS) is 28.7. The molecule has 3 heterocycles. The van der Waals surface area contributed by atoms with Crippen LogP contribution in [-0.4, -0.2) is 66.4 Å². The molecule has 1 unspecified atom stereocenters. The summed E-state index contributed by atoms with van der Waals surface area (Å²) >= 11 is 0. The Morgan fingerprint density at radius 1 is 1.33 bits per heavy atom. The van der Waals surface area contributed by atoms with Gasteiger partial charge >= 0.3 is 0 Å². The number of aliphatic hydroxyl groups excluding tert-OH is 1. The van der Waals surface area contributed by atoms with E-state index in [9.17, 15) is 5.11 Å². The Morgan fingerprint density at radius 3 is 3.00 bits per heavy atom. The maximum atomic E-state index is 10.5. The Labute approximate surface area is 160 Å². The van der Waals surface area contributed by atoms with Crippen molar-refractivity contribution in [2.24, 2.45) is 0 Å². The summed E-state index contributed by atoms with van der Waals surface area (Å²) in [7, 11) is 1.57. The van der Waals surface area contributed by atoms with Crippen LogP contribution in [0.25, 0.3) is 10.9 Å². The van der Waals surface area contributed by atoms with Crippen LogP contribution in [0.2, 0.25) is 0 Å². The molecule has 4 rings (SSSR count). The molecule has 0 amide bonds. The van der Waals surface area contributed by atoms with Crippen LogP contribution >= 0.6 is 0 Å². The average molecular weight is 374 g/mol. The second-order valence-corrected chi connectivity index (χ2v) is 7.57. The predicted octanol–water partition coefficient (Wildman–Crippen LogP) is 2.44. The number of aromatic nitrogens is 1. The lowest BCUT2D eigenvalue weighted by Crippen LogP contribution is -2.43. The van der Waals surface area contributed by atoms with Crippen LogP contribution in [-0.2, 0) is 27.2 Å². The lowest BCUT2D eigenvalue weighted by Gasteiger charge is -2.31. The van der Waals surface area contributed by atoms with E-state index in [1.165, 1.54) is 22.2 Å². The van der Waals surface area contributed by atoms with Gasteiger partial charge in [0.25, 0.3) is 0 Å². The minimum Gasteiger partial charge on any atom is -0.385 e. The van der Waals surface area contributed by atoms with Crippen LogP contribution in [0.5, 0.6) is 0 Å². The Bertz CT molecular complexity index is 762. The number of nitrogens with zero attached hydrogens (tertiary/aromatic N) is 1. The number of ether oxygens (including phenoxy) is 3. The third-order valence-electron chi connectivity index (χ3n) is 5.73. The first-order chi connectivity index (χ1) is 13.2. The number of fused-ring (bicyclic) bond motifs is 3. The quantitative estimate of drug-likeness (QED) is 0.729. The summed E-state index contributed by atoms with van der Waals surface area (Å²) in [5.41, 5.74) is 3.92. The van der Waals surface area contributed by atoms with Gasteiger partial charge in [-0.2, -0.15) is 0 Å². The van der Waals surface area contributed by atoms with Crippen LogP contribution in [0.15, 0.2) is 24.3 Å². The summed E-state index contributed by atoms with van der Waals surface area (Å²) in [6.45, 7) is 5.35. The van der Waals surface area contributed by atoms with E-state index >= 15 is 0 Å². The molecule has 0 aliphatic carbocycles. The van der Waals surface area contributed by atoms with Gasteiger partial charge in [-0.15, -0.1) is 0 Å². The smallest absolute Gasteiger partial charge is 0.186 e. The van der Waals surface area contributed by atoms with Gasteiger partial charge in [-0.25, -0.2) is 0 Å². The van der Waals surface area contributed by atoms with Gasteiger partial charge in [0.1, 0.15) is 18.3 Å². The van der Waals surface area contributed by atoms with E-state index in [1.807, 2.05) is 0 Å². The highest BCUT2D eigenvalue weighted by atomic mass is 16.7. The largest absolute Gasteiger partial charge is 0.385 e. The van der Waals surface area contributed by atoms with Crippen molar-refractivity contribution in [3.63, 3.8) is 0 Å². The van der Waals surface area contributed by atoms with Gasteiger partial charge in [-0.05, 0) is 18.1 Å². The maximum absolute atomic E-state index is 10.5. The molecule has 4 atom stereocenters. The summed E-state index contributed by atoms with van der Waals surface area (Å²) in [4.78, 5) is 5.95. The lowest BCUT2D eigenvalue weighted by atomic mass is 10.0. The topological polar surface area (TPSA) is 67.0 Å². The zero-order valence-electron chi connectivity index (χ0n) is 16.2. The number of hydrogen-bond donors (Lipinski definition) is 2. The molecular formula is C21H30N2O4. The molecule has 0 radical (unpaired) electrons. The fourth-order valence-corrected chi connectivity index (χ4v) is 4.25. The number of rotatable bonds is 7. The summed E-state index contributed by atoms with van der Waals surface area (Å²) < 4.78 is 17.3. The molecule has 0 saturated carbocycles. The van der Waals surface area contributed by atoms with Crippen LogP contribution in [0.4, 0.5) is 0 Å². The molecule has 1 fully saturated rings. The van der Waals surface area contributed by atoms with Crippen molar-refractivity contribution in [3.8, 4) is 0 Å². The molecular weight excluding hydrogens is 344 g/mol.